The maximum Gasteiger partial charge on any atom is 0.237 e. The van der Waals surface area contributed by atoms with E-state index in [0.717, 1.165) is 37.6 Å². The summed E-state index contributed by atoms with van der Waals surface area (Å²) in [7, 11) is 0. The Morgan fingerprint density at radius 2 is 2.13 bits per heavy atom. The van der Waals surface area contributed by atoms with Gasteiger partial charge in [-0.3, -0.25) is 0 Å². The van der Waals surface area contributed by atoms with E-state index >= 15 is 0 Å². The van der Waals surface area contributed by atoms with Crippen molar-refractivity contribution < 1.29 is 9.13 Å². The van der Waals surface area contributed by atoms with Gasteiger partial charge in [0.1, 0.15) is 10.8 Å². The van der Waals surface area contributed by atoms with Crippen molar-refractivity contribution in [1.82, 2.24) is 25.2 Å². The molecule has 1 aliphatic heterocycles. The average Bonchev–Trinajstić information content (AvgIpc) is 3.17. The molecule has 4 rings (SSSR count). The molecule has 0 saturated carbocycles. The molecule has 9 heteroatoms. The van der Waals surface area contributed by atoms with Crippen LogP contribution in [0.25, 0.3) is 10.9 Å². The lowest BCUT2D eigenvalue weighted by Gasteiger charge is -2.34. The summed E-state index contributed by atoms with van der Waals surface area (Å²) >= 11 is 3.52. The summed E-state index contributed by atoms with van der Waals surface area (Å²) in [5, 5.41) is 3.79. The third-order valence-corrected chi connectivity index (χ3v) is 5.96. The summed E-state index contributed by atoms with van der Waals surface area (Å²) in [6, 6.07) is 4.56. The fourth-order valence-electron chi connectivity index (χ4n) is 3.72. The van der Waals surface area contributed by atoms with E-state index < -0.39 is 11.9 Å². The van der Waals surface area contributed by atoms with Crippen LogP contribution >= 0.6 is 15.9 Å². The van der Waals surface area contributed by atoms with E-state index in [1.165, 1.54) is 6.33 Å². The highest BCUT2D eigenvalue weighted by Gasteiger charge is 2.25. The van der Waals surface area contributed by atoms with Crippen LogP contribution in [0.3, 0.4) is 0 Å². The van der Waals surface area contributed by atoms with Crippen LogP contribution in [-0.2, 0) is 0 Å². The van der Waals surface area contributed by atoms with Gasteiger partial charge in [0.25, 0.3) is 0 Å². The Morgan fingerprint density at radius 3 is 2.87 bits per heavy atom. The number of hydrogen-bond donors (Lipinski definition) is 3. The van der Waals surface area contributed by atoms with Crippen LogP contribution in [-0.4, -0.2) is 46.0 Å². The van der Waals surface area contributed by atoms with Gasteiger partial charge in [0, 0.05) is 48.5 Å². The molecular formula is C22H24BrFN6O. The Hall–Kier alpha value is -2.75. The number of halogens is 2. The lowest BCUT2D eigenvalue weighted by atomic mass is 10.1. The van der Waals surface area contributed by atoms with Gasteiger partial charge >= 0.3 is 0 Å². The fourth-order valence-corrected chi connectivity index (χ4v) is 4.25. The summed E-state index contributed by atoms with van der Waals surface area (Å²) in [4.78, 5) is 13.9. The zero-order chi connectivity index (χ0) is 22.0. The maximum atomic E-state index is 15.0. The molecule has 1 saturated heterocycles. The number of aromatic amines is 1. The molecule has 3 heterocycles. The van der Waals surface area contributed by atoms with E-state index in [1.807, 2.05) is 13.0 Å². The number of nitrogens with one attached hydrogen (secondary N) is 2. The van der Waals surface area contributed by atoms with Crippen molar-refractivity contribution in [3.8, 4) is 11.6 Å². The van der Waals surface area contributed by atoms with Gasteiger partial charge in [-0.2, -0.15) is 0 Å². The van der Waals surface area contributed by atoms with Crippen LogP contribution in [0.4, 0.5) is 4.39 Å². The predicted octanol–water partition coefficient (Wildman–Crippen LogP) is 3.94. The fraction of sp³-hybridized carbons (Fsp3) is 0.273. The normalized spacial score (nSPS) is 15.9. The van der Waals surface area contributed by atoms with E-state index in [4.69, 9.17) is 10.5 Å². The lowest BCUT2D eigenvalue weighted by Crippen LogP contribution is -2.44. The topological polar surface area (TPSA) is 92.1 Å². The van der Waals surface area contributed by atoms with E-state index in [2.05, 4.69) is 47.7 Å². The number of benzene rings is 1. The van der Waals surface area contributed by atoms with E-state index in [9.17, 15) is 4.39 Å². The molecule has 1 aromatic carbocycles. The Kier molecular flexibility index (Phi) is 6.35. The molecule has 4 N–H and O–H groups in total. The molecule has 1 aliphatic rings. The van der Waals surface area contributed by atoms with Gasteiger partial charge in [0.15, 0.2) is 11.6 Å². The molecule has 2 aromatic heterocycles. The Morgan fingerprint density at radius 1 is 1.35 bits per heavy atom. The third kappa shape index (κ3) is 4.34. The van der Waals surface area contributed by atoms with Crippen LogP contribution in [0.2, 0.25) is 0 Å². The molecule has 0 bridgehead atoms. The molecule has 1 fully saturated rings. The molecular weight excluding hydrogens is 463 g/mol. The average molecular weight is 487 g/mol. The summed E-state index contributed by atoms with van der Waals surface area (Å²) in [5.41, 5.74) is 9.63. The summed E-state index contributed by atoms with van der Waals surface area (Å²) in [6.45, 7) is 9.11. The van der Waals surface area contributed by atoms with Crippen molar-refractivity contribution in [2.75, 3.05) is 26.2 Å². The van der Waals surface area contributed by atoms with Crippen molar-refractivity contribution in [1.29, 1.82) is 0 Å². The second kappa shape index (κ2) is 9.17. The van der Waals surface area contributed by atoms with Gasteiger partial charge in [-0.15, -0.1) is 0 Å². The van der Waals surface area contributed by atoms with Gasteiger partial charge in [-0.25, -0.2) is 14.4 Å². The number of aromatic nitrogens is 3. The molecule has 0 amide bonds. The number of aryl methyl sites for hydroxylation is 1. The monoisotopic (exact) mass is 486 g/mol. The summed E-state index contributed by atoms with van der Waals surface area (Å²) in [5.74, 6) is -0.176. The van der Waals surface area contributed by atoms with Gasteiger partial charge in [0.2, 0.25) is 5.88 Å². The number of nitrogens with zero attached hydrogens (tertiary/aromatic N) is 3. The van der Waals surface area contributed by atoms with E-state index in [1.54, 1.807) is 24.3 Å². The SMILES string of the molecule is C=C/C=C(\C(N)c1ncnc(Oc2ccc3[nH]c(C)cc3c2F)c1Br)N1CCNCC1. The van der Waals surface area contributed by atoms with Crippen molar-refractivity contribution >= 4 is 26.8 Å². The van der Waals surface area contributed by atoms with Crippen LogP contribution in [0.5, 0.6) is 11.6 Å². The highest BCUT2D eigenvalue weighted by atomic mass is 79.9. The van der Waals surface area contributed by atoms with Gasteiger partial charge in [-0.05, 0) is 47.1 Å². The predicted molar refractivity (Wildman–Crippen MR) is 122 cm³/mol. The Labute approximate surface area is 188 Å². The minimum Gasteiger partial charge on any atom is -0.435 e. The number of piperazine rings is 1. The quantitative estimate of drug-likeness (QED) is 0.457. The largest absolute Gasteiger partial charge is 0.435 e. The smallest absolute Gasteiger partial charge is 0.237 e. The standard InChI is InChI=1S/C22H24BrFN6O/c1-3-4-16(30-9-7-26-8-10-30)20(25)21-18(23)22(28-12-27-21)31-17-6-5-15-14(19(17)24)11-13(2)29-15/h3-6,11-12,20,26,29H,1,7-10,25H2,2H3/b16-4+. The first-order chi connectivity index (χ1) is 15.0. The zero-order valence-electron chi connectivity index (χ0n) is 17.2. The molecule has 162 valence electrons. The van der Waals surface area contributed by atoms with Crippen LogP contribution < -0.4 is 15.8 Å². The number of allylic oxidation sites excluding steroid dienone is 2. The van der Waals surface area contributed by atoms with Crippen LogP contribution in [0.1, 0.15) is 17.4 Å². The van der Waals surface area contributed by atoms with Gasteiger partial charge in [-0.1, -0.05) is 12.7 Å². The van der Waals surface area contributed by atoms with E-state index in [0.29, 0.717) is 21.1 Å². The van der Waals surface area contributed by atoms with Crippen LogP contribution in [0, 0.1) is 12.7 Å². The molecule has 0 radical (unpaired) electrons. The molecule has 1 unspecified atom stereocenters. The zero-order valence-corrected chi connectivity index (χ0v) is 18.7. The number of hydrogen-bond acceptors (Lipinski definition) is 6. The minimum absolute atomic E-state index is 0.0781. The maximum absolute atomic E-state index is 15.0. The number of nitrogens with two attached hydrogens (primary N) is 1. The minimum atomic E-state index is -0.532. The van der Waals surface area contributed by atoms with Crippen molar-refractivity contribution in [2.45, 2.75) is 13.0 Å². The Bertz CT molecular complexity index is 1140. The molecule has 0 aliphatic carbocycles. The second-order valence-electron chi connectivity index (χ2n) is 7.31. The number of H-pyrrole nitrogens is 1. The van der Waals surface area contributed by atoms with Gasteiger partial charge in [0.05, 0.1) is 11.7 Å². The molecule has 31 heavy (non-hydrogen) atoms. The van der Waals surface area contributed by atoms with Gasteiger partial charge < -0.3 is 25.7 Å². The molecule has 1 atom stereocenters. The van der Waals surface area contributed by atoms with E-state index in [-0.39, 0.29) is 11.6 Å². The van der Waals surface area contributed by atoms with Crippen molar-refractivity contribution in [3.63, 3.8) is 0 Å². The summed E-state index contributed by atoms with van der Waals surface area (Å²) < 4.78 is 21.3. The summed E-state index contributed by atoms with van der Waals surface area (Å²) in [6.07, 6.45) is 4.98. The Balaban J connectivity index is 1.65. The highest BCUT2D eigenvalue weighted by molar-refractivity contribution is 9.10. The first-order valence-corrected chi connectivity index (χ1v) is 10.8. The lowest BCUT2D eigenvalue weighted by molar-refractivity contribution is 0.282. The molecule has 7 nitrogen and oxygen atoms in total. The number of fused-ring (bicyclic) bond motifs is 1. The van der Waals surface area contributed by atoms with Crippen LogP contribution in [0.15, 0.2) is 53.4 Å². The number of ether oxygens (including phenoxy) is 1. The third-order valence-electron chi connectivity index (χ3n) is 5.21. The van der Waals surface area contributed by atoms with Crippen molar-refractivity contribution in [3.05, 3.63) is 70.6 Å². The first-order valence-electron chi connectivity index (χ1n) is 9.99. The molecule has 3 aromatic rings. The highest BCUT2D eigenvalue weighted by Crippen LogP contribution is 2.36. The first kappa shape index (κ1) is 21.5. The number of rotatable bonds is 6. The second-order valence-corrected chi connectivity index (χ2v) is 8.11. The van der Waals surface area contributed by atoms with Crippen molar-refractivity contribution in [2.24, 2.45) is 5.73 Å². The molecule has 0 spiro atoms.